The number of allylic oxidation sites excluding steroid dienone is 7. The molecule has 316 valence electrons. The van der Waals surface area contributed by atoms with E-state index in [4.69, 9.17) is 4.74 Å². The normalized spacial score (nSPS) is 19.9. The van der Waals surface area contributed by atoms with E-state index in [9.17, 15) is 29.9 Å². The van der Waals surface area contributed by atoms with Crippen molar-refractivity contribution in [3.8, 4) is 11.8 Å². The van der Waals surface area contributed by atoms with Crippen LogP contribution in [0.3, 0.4) is 0 Å². The standard InChI is InChI=1S/C48H67N3O6S/c1-2-3-4-5-6-7-8-9-10-11-12-13-14-15-16-20-31-48(40-21-18-17-19-22-40)42-36-41(57-38-52)25-26-43(42)51(33-30-47(55)56)44(48)27-23-39(37-49)24-28-45-50(34-35-58-45)32-29-46(53)54/h18,21,23-28,36,38,40H,2-17,19-20,22,29-35H2,1H3,(H-,53,54,55,56)/p+1. The van der Waals surface area contributed by atoms with Gasteiger partial charge in [-0.1, -0.05) is 122 Å². The van der Waals surface area contributed by atoms with Crippen LogP contribution in [0, 0.1) is 17.2 Å². The van der Waals surface area contributed by atoms with E-state index >= 15 is 0 Å². The van der Waals surface area contributed by atoms with Crippen molar-refractivity contribution in [3.05, 3.63) is 70.8 Å². The quantitative estimate of drug-likeness (QED) is 0.0203. The number of nitrogens with zero attached hydrogens (tertiary/aromatic N) is 3. The van der Waals surface area contributed by atoms with Crippen LogP contribution in [-0.2, 0) is 19.8 Å². The Labute approximate surface area is 352 Å². The zero-order chi connectivity index (χ0) is 41.4. The molecule has 3 aliphatic rings. The molecule has 1 aromatic carbocycles. The summed E-state index contributed by atoms with van der Waals surface area (Å²) in [4.78, 5) is 36.8. The fourth-order valence-corrected chi connectivity index (χ4v) is 10.0. The molecule has 2 unspecified atom stereocenters. The second-order valence-corrected chi connectivity index (χ2v) is 17.2. The molecule has 2 heterocycles. The largest absolute Gasteiger partial charge is 0.481 e. The average molecular weight is 815 g/mol. The van der Waals surface area contributed by atoms with Crippen molar-refractivity contribution in [2.45, 2.75) is 154 Å². The maximum absolute atomic E-state index is 12.0. The number of ether oxygens (including phenoxy) is 1. The van der Waals surface area contributed by atoms with E-state index in [1.165, 1.54) is 89.9 Å². The van der Waals surface area contributed by atoms with Crippen molar-refractivity contribution >= 4 is 41.6 Å². The van der Waals surface area contributed by atoms with Crippen LogP contribution in [0.25, 0.3) is 0 Å². The summed E-state index contributed by atoms with van der Waals surface area (Å²) in [6.45, 7) is 4.16. The summed E-state index contributed by atoms with van der Waals surface area (Å²) in [5.74, 6) is -0.275. The van der Waals surface area contributed by atoms with Gasteiger partial charge in [0.25, 0.3) is 6.47 Å². The van der Waals surface area contributed by atoms with Crippen molar-refractivity contribution in [2.75, 3.05) is 25.4 Å². The van der Waals surface area contributed by atoms with Crippen LogP contribution in [0.1, 0.15) is 154 Å². The number of aliphatic carboxylic acids is 2. The third-order valence-electron chi connectivity index (χ3n) is 12.0. The minimum Gasteiger partial charge on any atom is -0.481 e. The van der Waals surface area contributed by atoms with Gasteiger partial charge in [-0.2, -0.15) is 9.84 Å². The third kappa shape index (κ3) is 14.3. The van der Waals surface area contributed by atoms with Gasteiger partial charge in [-0.15, -0.1) is 11.8 Å². The predicted octanol–water partition coefficient (Wildman–Crippen LogP) is 11.4. The summed E-state index contributed by atoms with van der Waals surface area (Å²) in [5.41, 5.74) is 2.84. The third-order valence-corrected chi connectivity index (χ3v) is 13.1. The van der Waals surface area contributed by atoms with Crippen LogP contribution in [0.5, 0.6) is 5.75 Å². The van der Waals surface area contributed by atoms with Crippen molar-refractivity contribution in [1.29, 1.82) is 5.26 Å². The number of hydrogen-bond donors (Lipinski definition) is 2. The number of nitriles is 1. The molecular formula is C48H68N3O6S+. The highest BCUT2D eigenvalue weighted by Gasteiger charge is 2.55. The Morgan fingerprint density at radius 2 is 1.62 bits per heavy atom. The van der Waals surface area contributed by atoms with Crippen LogP contribution < -0.4 is 4.74 Å². The predicted molar refractivity (Wildman–Crippen MR) is 235 cm³/mol. The average Bonchev–Trinajstić information content (AvgIpc) is 3.79. The van der Waals surface area contributed by atoms with Crippen molar-refractivity contribution in [3.63, 3.8) is 0 Å². The summed E-state index contributed by atoms with van der Waals surface area (Å²) in [7, 11) is 0. The number of fused-ring (bicyclic) bond motifs is 1. The van der Waals surface area contributed by atoms with Crippen LogP contribution in [0.15, 0.2) is 65.3 Å². The van der Waals surface area contributed by atoms with E-state index in [0.717, 1.165) is 72.8 Å². The molecule has 0 aromatic heterocycles. The molecule has 0 amide bonds. The van der Waals surface area contributed by atoms with Crippen molar-refractivity contribution in [1.82, 2.24) is 4.90 Å². The minimum absolute atomic E-state index is 0.0500. The molecule has 2 aliphatic heterocycles. The Morgan fingerprint density at radius 3 is 2.21 bits per heavy atom. The van der Waals surface area contributed by atoms with Gasteiger partial charge in [0.15, 0.2) is 12.3 Å². The van der Waals surface area contributed by atoms with Crippen molar-refractivity contribution in [2.24, 2.45) is 5.92 Å². The molecule has 4 rings (SSSR count). The van der Waals surface area contributed by atoms with Gasteiger partial charge < -0.3 is 19.8 Å². The van der Waals surface area contributed by atoms with Gasteiger partial charge >= 0.3 is 11.9 Å². The molecular weight excluding hydrogens is 747 g/mol. The fourth-order valence-electron chi connectivity index (χ4n) is 8.97. The molecule has 10 heteroatoms. The van der Waals surface area contributed by atoms with E-state index in [1.807, 2.05) is 35.3 Å². The first-order valence-electron chi connectivity index (χ1n) is 22.2. The van der Waals surface area contributed by atoms with E-state index in [1.54, 1.807) is 23.9 Å². The van der Waals surface area contributed by atoms with Gasteiger partial charge in [-0.25, -0.2) is 0 Å². The Kier molecular flexibility index (Phi) is 21.0. The Morgan fingerprint density at radius 1 is 0.966 bits per heavy atom. The molecule has 0 radical (unpaired) electrons. The number of unbranched alkanes of at least 4 members (excludes halogenated alkanes) is 15. The summed E-state index contributed by atoms with van der Waals surface area (Å²) in [5, 5.41) is 30.3. The van der Waals surface area contributed by atoms with Crippen LogP contribution in [0.4, 0.5) is 5.69 Å². The number of hydrogen-bond acceptors (Lipinski definition) is 7. The molecule has 2 atom stereocenters. The topological polar surface area (TPSA) is 131 Å². The number of carbonyl (C=O) groups is 3. The first-order valence-corrected chi connectivity index (χ1v) is 23.2. The van der Waals surface area contributed by atoms with E-state index < -0.39 is 17.4 Å². The number of carbonyl (C=O) groups excluding carboxylic acids is 1. The molecule has 9 nitrogen and oxygen atoms in total. The minimum atomic E-state index is -0.885. The monoisotopic (exact) mass is 814 g/mol. The van der Waals surface area contributed by atoms with E-state index in [2.05, 4.69) is 29.7 Å². The molecule has 0 bridgehead atoms. The van der Waals surface area contributed by atoms with Crippen LogP contribution in [-0.4, -0.2) is 69.2 Å². The maximum atomic E-state index is 12.0. The summed E-state index contributed by atoms with van der Waals surface area (Å²) >= 11 is 1.65. The van der Waals surface area contributed by atoms with Gasteiger partial charge in [0.05, 0.1) is 28.5 Å². The number of carboxylic acid groups (broad SMARTS) is 2. The highest BCUT2D eigenvalue weighted by Crippen LogP contribution is 2.52. The molecule has 1 aliphatic carbocycles. The Bertz CT molecular complexity index is 1690. The second kappa shape index (κ2) is 26.1. The lowest BCUT2D eigenvalue weighted by molar-refractivity contribution is -0.437. The Hall–Kier alpha value is -4.10. The van der Waals surface area contributed by atoms with Gasteiger partial charge in [-0.05, 0) is 62.0 Å². The molecule has 0 spiro atoms. The van der Waals surface area contributed by atoms with Gasteiger partial charge in [0.1, 0.15) is 12.2 Å². The van der Waals surface area contributed by atoms with Gasteiger partial charge in [-0.3, -0.25) is 14.4 Å². The SMILES string of the molecule is CCCCCCCCCCCCCCCCCCC1(C2C=CCCC2)C(/C=C/C(C#N)=C/C=C2\SCCN2CCC(=O)O)=[N+](CCC(=O)O)c2ccc(OC=O)cc21. The molecule has 1 aromatic rings. The molecule has 58 heavy (non-hydrogen) atoms. The number of benzene rings is 1. The maximum Gasteiger partial charge on any atom is 0.309 e. The lowest BCUT2D eigenvalue weighted by Crippen LogP contribution is -2.42. The zero-order valence-corrected chi connectivity index (χ0v) is 35.8. The smallest absolute Gasteiger partial charge is 0.309 e. The summed E-state index contributed by atoms with van der Waals surface area (Å²) in [6.07, 6.45) is 36.7. The summed E-state index contributed by atoms with van der Waals surface area (Å²) in [6, 6.07) is 8.03. The zero-order valence-electron chi connectivity index (χ0n) is 35.0. The number of thioether (sulfide) groups is 1. The van der Waals surface area contributed by atoms with Crippen molar-refractivity contribution < 1.29 is 33.9 Å². The lowest BCUT2D eigenvalue weighted by atomic mass is 9.62. The molecule has 2 N–H and O–H groups in total. The van der Waals surface area contributed by atoms with E-state index in [-0.39, 0.29) is 25.3 Å². The highest BCUT2D eigenvalue weighted by molar-refractivity contribution is 8.03. The van der Waals surface area contributed by atoms with Gasteiger partial charge in [0, 0.05) is 36.5 Å². The lowest BCUT2D eigenvalue weighted by Gasteiger charge is -2.36. The number of carboxylic acids is 2. The first-order chi connectivity index (χ1) is 28.3. The van der Waals surface area contributed by atoms with Crippen LogP contribution in [0.2, 0.25) is 0 Å². The summed E-state index contributed by atoms with van der Waals surface area (Å²) < 4.78 is 7.53. The second-order valence-electron chi connectivity index (χ2n) is 16.1. The van der Waals surface area contributed by atoms with E-state index in [0.29, 0.717) is 24.3 Å². The highest BCUT2D eigenvalue weighted by atomic mass is 32.2. The fraction of sp³-hybridized carbons (Fsp3) is 0.604. The van der Waals surface area contributed by atoms with Gasteiger partial charge in [0.2, 0.25) is 5.69 Å². The number of rotatable bonds is 29. The Balaban J connectivity index is 1.54. The molecule has 0 saturated carbocycles. The first kappa shape index (κ1) is 46.6. The molecule has 1 saturated heterocycles. The van der Waals surface area contributed by atoms with Crippen LogP contribution >= 0.6 is 11.8 Å². The molecule has 1 fully saturated rings.